The molecule has 1 aromatic carbocycles. The predicted octanol–water partition coefficient (Wildman–Crippen LogP) is 5.39. The third-order valence-electron chi connectivity index (χ3n) is 2.96. The zero-order chi connectivity index (χ0) is 12.4. The van der Waals surface area contributed by atoms with E-state index >= 15 is 0 Å². The number of hydrogen-bond acceptors (Lipinski definition) is 2. The van der Waals surface area contributed by atoms with Crippen LogP contribution in [0.2, 0.25) is 0 Å². The van der Waals surface area contributed by atoms with Crippen LogP contribution in [-0.4, -0.2) is 4.98 Å². The fourth-order valence-corrected chi connectivity index (χ4v) is 3.02. The van der Waals surface area contributed by atoms with E-state index in [1.165, 1.54) is 15.4 Å². The number of thiazole rings is 1. The van der Waals surface area contributed by atoms with Gasteiger partial charge in [-0.05, 0) is 25.5 Å². The average Bonchev–Trinajstić information content (AvgIpc) is 2.71. The first-order valence-corrected chi connectivity index (χ1v) is 7.46. The zero-order valence-corrected chi connectivity index (χ0v) is 12.7. The monoisotopic (exact) mass is 309 g/mol. The van der Waals surface area contributed by atoms with Crippen LogP contribution >= 0.6 is 27.3 Å². The number of benzene rings is 1. The second-order valence-corrected chi connectivity index (χ2v) is 6.42. The molecule has 0 aliphatic rings. The summed E-state index contributed by atoms with van der Waals surface area (Å²) in [4.78, 5) is 6.09. The molecular formula is C14H16BrNS. The molecule has 1 heterocycles. The Labute approximate surface area is 115 Å². The Bertz CT molecular complexity index is 501. The predicted molar refractivity (Wildman–Crippen MR) is 78.7 cm³/mol. The Morgan fingerprint density at radius 2 is 1.94 bits per heavy atom. The van der Waals surface area contributed by atoms with E-state index in [1.807, 2.05) is 11.3 Å². The molecule has 2 aromatic rings. The molecule has 0 aliphatic heterocycles. The molecule has 0 fully saturated rings. The van der Waals surface area contributed by atoms with Crippen LogP contribution in [0.5, 0.6) is 0 Å². The van der Waals surface area contributed by atoms with Crippen molar-refractivity contribution >= 4 is 27.3 Å². The molecule has 0 N–H and O–H groups in total. The Balaban J connectivity index is 2.39. The number of aryl methyl sites for hydroxylation is 1. The van der Waals surface area contributed by atoms with Gasteiger partial charge in [0.05, 0.1) is 10.7 Å². The smallest absolute Gasteiger partial charge is 0.0963 e. The highest BCUT2D eigenvalue weighted by Crippen LogP contribution is 2.32. The fraction of sp³-hybridized carbons (Fsp3) is 0.357. The molecule has 1 aromatic heterocycles. The zero-order valence-electron chi connectivity index (χ0n) is 10.3. The lowest BCUT2D eigenvalue weighted by Gasteiger charge is -2.02. The summed E-state index contributed by atoms with van der Waals surface area (Å²) in [5.74, 6) is 0.558. The standard InChI is InChI=1S/C14H16BrNS/c1-4-9(2)14-16-13(10(3)17-14)11-5-7-12(15)8-6-11/h5-9H,4H2,1-3H3. The highest BCUT2D eigenvalue weighted by Gasteiger charge is 2.13. The van der Waals surface area contributed by atoms with Crippen molar-refractivity contribution in [2.24, 2.45) is 0 Å². The van der Waals surface area contributed by atoms with Gasteiger partial charge in [-0.3, -0.25) is 0 Å². The third kappa shape index (κ3) is 2.78. The third-order valence-corrected chi connectivity index (χ3v) is 4.70. The summed E-state index contributed by atoms with van der Waals surface area (Å²) >= 11 is 5.28. The van der Waals surface area contributed by atoms with E-state index in [4.69, 9.17) is 4.98 Å². The summed E-state index contributed by atoms with van der Waals surface area (Å²) in [6, 6.07) is 8.37. The van der Waals surface area contributed by atoms with Crippen LogP contribution in [0.25, 0.3) is 11.3 Å². The molecule has 1 atom stereocenters. The molecule has 0 radical (unpaired) electrons. The highest BCUT2D eigenvalue weighted by atomic mass is 79.9. The van der Waals surface area contributed by atoms with Crippen LogP contribution in [0, 0.1) is 6.92 Å². The van der Waals surface area contributed by atoms with Crippen LogP contribution in [0.15, 0.2) is 28.7 Å². The quantitative estimate of drug-likeness (QED) is 0.740. The van der Waals surface area contributed by atoms with Gasteiger partial charge in [-0.15, -0.1) is 11.3 Å². The molecule has 0 saturated carbocycles. The van der Waals surface area contributed by atoms with Crippen molar-refractivity contribution in [2.75, 3.05) is 0 Å². The van der Waals surface area contributed by atoms with E-state index in [0.29, 0.717) is 5.92 Å². The Hall–Kier alpha value is -0.670. The van der Waals surface area contributed by atoms with Crippen LogP contribution in [-0.2, 0) is 0 Å². The lowest BCUT2D eigenvalue weighted by molar-refractivity contribution is 0.727. The largest absolute Gasteiger partial charge is 0.241 e. The summed E-state index contributed by atoms with van der Waals surface area (Å²) in [6.45, 7) is 6.60. The molecule has 0 aliphatic carbocycles. The van der Waals surface area contributed by atoms with Gasteiger partial charge in [-0.1, -0.05) is 41.9 Å². The van der Waals surface area contributed by atoms with Crippen molar-refractivity contribution in [3.63, 3.8) is 0 Å². The SMILES string of the molecule is CCC(C)c1nc(-c2ccc(Br)cc2)c(C)s1. The lowest BCUT2D eigenvalue weighted by atomic mass is 10.1. The summed E-state index contributed by atoms with van der Waals surface area (Å²) < 4.78 is 1.11. The van der Waals surface area contributed by atoms with Crippen LogP contribution in [0.1, 0.15) is 36.1 Å². The summed E-state index contributed by atoms with van der Waals surface area (Å²) in [5.41, 5.74) is 2.34. The lowest BCUT2D eigenvalue weighted by Crippen LogP contribution is -1.89. The summed E-state index contributed by atoms with van der Waals surface area (Å²) in [6.07, 6.45) is 1.15. The molecule has 0 bridgehead atoms. The molecule has 17 heavy (non-hydrogen) atoms. The Morgan fingerprint density at radius 1 is 1.29 bits per heavy atom. The van der Waals surface area contributed by atoms with Gasteiger partial charge >= 0.3 is 0 Å². The molecule has 90 valence electrons. The van der Waals surface area contributed by atoms with Crippen molar-refractivity contribution in [1.29, 1.82) is 0 Å². The van der Waals surface area contributed by atoms with E-state index in [1.54, 1.807) is 0 Å². The number of hydrogen-bond donors (Lipinski definition) is 0. The molecule has 1 unspecified atom stereocenters. The van der Waals surface area contributed by atoms with Crippen molar-refractivity contribution in [3.8, 4) is 11.3 Å². The highest BCUT2D eigenvalue weighted by molar-refractivity contribution is 9.10. The fourth-order valence-electron chi connectivity index (χ4n) is 1.68. The average molecular weight is 310 g/mol. The van der Waals surface area contributed by atoms with Crippen molar-refractivity contribution in [2.45, 2.75) is 33.1 Å². The van der Waals surface area contributed by atoms with Crippen molar-refractivity contribution < 1.29 is 0 Å². The normalized spacial score (nSPS) is 12.7. The van der Waals surface area contributed by atoms with E-state index in [9.17, 15) is 0 Å². The number of aromatic nitrogens is 1. The van der Waals surface area contributed by atoms with Gasteiger partial charge in [0, 0.05) is 20.8 Å². The number of rotatable bonds is 3. The minimum Gasteiger partial charge on any atom is -0.241 e. The van der Waals surface area contributed by atoms with Gasteiger partial charge in [0.1, 0.15) is 0 Å². The van der Waals surface area contributed by atoms with Crippen molar-refractivity contribution in [1.82, 2.24) is 4.98 Å². The van der Waals surface area contributed by atoms with E-state index < -0.39 is 0 Å². The molecule has 3 heteroatoms. The summed E-state index contributed by atoms with van der Waals surface area (Å²) in [7, 11) is 0. The van der Waals surface area contributed by atoms with Crippen LogP contribution in [0.3, 0.4) is 0 Å². The van der Waals surface area contributed by atoms with Gasteiger partial charge < -0.3 is 0 Å². The van der Waals surface area contributed by atoms with Gasteiger partial charge in [0.25, 0.3) is 0 Å². The summed E-state index contributed by atoms with van der Waals surface area (Å²) in [5, 5.41) is 1.25. The molecular weight excluding hydrogens is 294 g/mol. The Morgan fingerprint density at radius 3 is 2.53 bits per heavy atom. The number of halogens is 1. The van der Waals surface area contributed by atoms with Crippen molar-refractivity contribution in [3.05, 3.63) is 38.6 Å². The topological polar surface area (TPSA) is 12.9 Å². The van der Waals surface area contributed by atoms with Crippen LogP contribution < -0.4 is 0 Å². The number of nitrogens with zero attached hydrogens (tertiary/aromatic N) is 1. The molecule has 1 nitrogen and oxygen atoms in total. The van der Waals surface area contributed by atoms with E-state index in [2.05, 4.69) is 61.0 Å². The van der Waals surface area contributed by atoms with E-state index in [0.717, 1.165) is 16.6 Å². The van der Waals surface area contributed by atoms with Gasteiger partial charge in [-0.25, -0.2) is 4.98 Å². The van der Waals surface area contributed by atoms with E-state index in [-0.39, 0.29) is 0 Å². The Kier molecular flexibility index (Phi) is 4.00. The van der Waals surface area contributed by atoms with Gasteiger partial charge in [0.15, 0.2) is 0 Å². The minimum atomic E-state index is 0.558. The maximum atomic E-state index is 4.78. The maximum Gasteiger partial charge on any atom is 0.0963 e. The molecule has 2 rings (SSSR count). The molecule has 0 saturated heterocycles. The molecule has 0 spiro atoms. The first-order chi connectivity index (χ1) is 8.11. The minimum absolute atomic E-state index is 0.558. The first kappa shape index (κ1) is 12.8. The molecule has 0 amide bonds. The second-order valence-electron chi connectivity index (χ2n) is 4.27. The second kappa shape index (κ2) is 5.32. The van der Waals surface area contributed by atoms with Gasteiger partial charge in [-0.2, -0.15) is 0 Å². The first-order valence-electron chi connectivity index (χ1n) is 5.85. The van der Waals surface area contributed by atoms with Gasteiger partial charge in [0.2, 0.25) is 0 Å². The maximum absolute atomic E-state index is 4.78. The van der Waals surface area contributed by atoms with Crippen LogP contribution in [0.4, 0.5) is 0 Å².